The number of fused-ring (bicyclic) bond motifs is 2. The molecule has 0 bridgehead atoms. The fraction of sp³-hybridized carbons (Fsp3) is 0.368. The number of aryl methyl sites for hydroxylation is 1. The van der Waals surface area contributed by atoms with Gasteiger partial charge >= 0.3 is 0 Å². The number of benzene rings is 2. The Hall–Kier alpha value is -1.41. The molecule has 0 aromatic heterocycles. The molecule has 1 aliphatic heterocycles. The van der Waals surface area contributed by atoms with Gasteiger partial charge in [-0.3, -0.25) is 0 Å². The fourth-order valence-electron chi connectivity index (χ4n) is 2.84. The van der Waals surface area contributed by atoms with E-state index in [0.717, 1.165) is 0 Å². The number of hydrogen-bond donors (Lipinski definition) is 1. The molecule has 0 aliphatic carbocycles. The van der Waals surface area contributed by atoms with E-state index in [-0.39, 0.29) is 0 Å². The van der Waals surface area contributed by atoms with Crippen LogP contribution in [0.2, 0.25) is 0 Å². The molecule has 0 saturated heterocycles. The van der Waals surface area contributed by atoms with Gasteiger partial charge in [0.15, 0.2) is 0 Å². The van der Waals surface area contributed by atoms with Crippen LogP contribution in [0.15, 0.2) is 52.3 Å². The number of nitrogens with one attached hydrogen (secondary N) is 1. The molecule has 0 saturated carbocycles. The van der Waals surface area contributed by atoms with E-state index in [2.05, 4.69) is 54.7 Å². The zero-order valence-electron chi connectivity index (χ0n) is 12.7. The first kappa shape index (κ1) is 14.5. The molecule has 0 atom stereocenters. The van der Waals surface area contributed by atoms with Gasteiger partial charge in [-0.2, -0.15) is 0 Å². The van der Waals surface area contributed by atoms with Crippen LogP contribution < -0.4 is 5.32 Å². The second-order valence-corrected chi connectivity index (χ2v) is 6.76. The maximum Gasteiger partial charge on any atom is 0.0558 e. The van der Waals surface area contributed by atoms with Gasteiger partial charge in [-0.15, -0.1) is 0 Å². The quantitative estimate of drug-likeness (QED) is 0.528. The van der Waals surface area contributed by atoms with E-state index in [4.69, 9.17) is 0 Å². The van der Waals surface area contributed by atoms with Crippen molar-refractivity contribution >= 4 is 23.1 Å². The van der Waals surface area contributed by atoms with Gasteiger partial charge in [-0.25, -0.2) is 0 Å². The third-order valence-corrected chi connectivity index (χ3v) is 5.16. The minimum absolute atomic E-state index is 1.18. The van der Waals surface area contributed by atoms with E-state index in [1.54, 1.807) is 0 Å². The van der Waals surface area contributed by atoms with Gasteiger partial charge in [-0.05, 0) is 36.6 Å². The van der Waals surface area contributed by atoms with Crippen molar-refractivity contribution in [2.24, 2.45) is 0 Å². The number of para-hydroxylation sites is 2. The van der Waals surface area contributed by atoms with Crippen LogP contribution in [-0.2, 0) is 6.42 Å². The van der Waals surface area contributed by atoms with Gasteiger partial charge in [0, 0.05) is 9.79 Å². The first-order valence-electron chi connectivity index (χ1n) is 8.04. The molecule has 3 rings (SSSR count). The van der Waals surface area contributed by atoms with Gasteiger partial charge in [0.1, 0.15) is 0 Å². The van der Waals surface area contributed by atoms with Gasteiger partial charge < -0.3 is 5.32 Å². The van der Waals surface area contributed by atoms with Crippen LogP contribution in [0.1, 0.15) is 44.6 Å². The number of hydrogen-bond acceptors (Lipinski definition) is 2. The van der Waals surface area contributed by atoms with Crippen LogP contribution in [-0.4, -0.2) is 0 Å². The molecule has 2 aromatic rings. The van der Waals surface area contributed by atoms with Crippen LogP contribution in [0.25, 0.3) is 0 Å². The summed E-state index contributed by atoms with van der Waals surface area (Å²) in [7, 11) is 0. The molecule has 2 heteroatoms. The molecule has 110 valence electrons. The average molecular weight is 297 g/mol. The second kappa shape index (κ2) is 7.04. The summed E-state index contributed by atoms with van der Waals surface area (Å²) in [4.78, 5) is 2.69. The summed E-state index contributed by atoms with van der Waals surface area (Å²) in [5, 5.41) is 3.64. The zero-order chi connectivity index (χ0) is 14.5. The highest BCUT2D eigenvalue weighted by molar-refractivity contribution is 7.99. The molecule has 0 unspecified atom stereocenters. The summed E-state index contributed by atoms with van der Waals surface area (Å²) >= 11 is 1.88. The van der Waals surface area contributed by atoms with Crippen molar-refractivity contribution in [2.45, 2.75) is 55.2 Å². The first-order chi connectivity index (χ1) is 10.4. The first-order valence-corrected chi connectivity index (χ1v) is 8.86. The average Bonchev–Trinajstić information content (AvgIpc) is 2.53. The Morgan fingerprint density at radius 1 is 0.857 bits per heavy atom. The molecule has 2 aromatic carbocycles. The van der Waals surface area contributed by atoms with Crippen LogP contribution in [0.3, 0.4) is 0 Å². The standard InChI is InChI=1S/C19H23NS/c1-2-3-4-5-6-10-15-11-9-14-18-19(15)20-16-12-7-8-13-17(16)21-18/h7-9,11-14,20H,2-6,10H2,1H3. The van der Waals surface area contributed by atoms with Crippen LogP contribution in [0, 0.1) is 0 Å². The Labute approximate surface area is 132 Å². The molecule has 1 aliphatic rings. The molecule has 1 nitrogen and oxygen atoms in total. The molecule has 0 amide bonds. The highest BCUT2D eigenvalue weighted by Crippen LogP contribution is 2.45. The third kappa shape index (κ3) is 3.44. The molecule has 0 spiro atoms. The Bertz CT molecular complexity index is 606. The van der Waals surface area contributed by atoms with E-state index >= 15 is 0 Å². The van der Waals surface area contributed by atoms with Gasteiger partial charge in [-0.1, -0.05) is 68.6 Å². The summed E-state index contributed by atoms with van der Waals surface area (Å²) in [6.45, 7) is 2.27. The molecule has 0 fully saturated rings. The van der Waals surface area contributed by atoms with Gasteiger partial charge in [0.05, 0.1) is 11.4 Å². The molecule has 21 heavy (non-hydrogen) atoms. The Morgan fingerprint density at radius 3 is 2.57 bits per heavy atom. The summed E-state index contributed by atoms with van der Waals surface area (Å²) in [5.74, 6) is 0. The molecule has 1 heterocycles. The highest BCUT2D eigenvalue weighted by Gasteiger charge is 2.17. The Kier molecular flexibility index (Phi) is 4.87. The zero-order valence-corrected chi connectivity index (χ0v) is 13.5. The highest BCUT2D eigenvalue weighted by atomic mass is 32.2. The number of anilines is 2. The number of rotatable bonds is 6. The van der Waals surface area contributed by atoms with Crippen molar-refractivity contribution in [2.75, 3.05) is 5.32 Å². The maximum atomic E-state index is 3.64. The Balaban J connectivity index is 1.71. The second-order valence-electron chi connectivity index (χ2n) is 5.68. The predicted octanol–water partition coefficient (Wildman–Crippen LogP) is 6.41. The van der Waals surface area contributed by atoms with E-state index < -0.39 is 0 Å². The van der Waals surface area contributed by atoms with Crippen molar-refractivity contribution in [3.05, 3.63) is 48.0 Å². The molecular weight excluding hydrogens is 274 g/mol. The van der Waals surface area contributed by atoms with Crippen molar-refractivity contribution in [1.82, 2.24) is 0 Å². The monoisotopic (exact) mass is 297 g/mol. The Morgan fingerprint density at radius 2 is 1.67 bits per heavy atom. The smallest absolute Gasteiger partial charge is 0.0558 e. The lowest BCUT2D eigenvalue weighted by atomic mass is 10.0. The van der Waals surface area contributed by atoms with Crippen molar-refractivity contribution in [1.29, 1.82) is 0 Å². The van der Waals surface area contributed by atoms with Crippen molar-refractivity contribution < 1.29 is 0 Å². The lowest BCUT2D eigenvalue weighted by Crippen LogP contribution is -2.03. The third-order valence-electron chi connectivity index (χ3n) is 4.03. The minimum atomic E-state index is 1.18. The van der Waals surface area contributed by atoms with Crippen LogP contribution in [0.5, 0.6) is 0 Å². The van der Waals surface area contributed by atoms with E-state index in [0.29, 0.717) is 0 Å². The van der Waals surface area contributed by atoms with Crippen molar-refractivity contribution in [3.63, 3.8) is 0 Å². The van der Waals surface area contributed by atoms with Crippen LogP contribution in [0.4, 0.5) is 11.4 Å². The lowest BCUT2D eigenvalue weighted by Gasteiger charge is -2.23. The minimum Gasteiger partial charge on any atom is -0.353 e. The van der Waals surface area contributed by atoms with Crippen molar-refractivity contribution in [3.8, 4) is 0 Å². The molecule has 1 N–H and O–H groups in total. The van der Waals surface area contributed by atoms with Gasteiger partial charge in [0.25, 0.3) is 0 Å². The van der Waals surface area contributed by atoms with Crippen LogP contribution >= 0.6 is 11.8 Å². The fourth-order valence-corrected chi connectivity index (χ4v) is 3.89. The maximum absolute atomic E-state index is 3.64. The summed E-state index contributed by atoms with van der Waals surface area (Å²) in [5.41, 5.74) is 4.04. The lowest BCUT2D eigenvalue weighted by molar-refractivity contribution is 0.632. The topological polar surface area (TPSA) is 12.0 Å². The normalized spacial score (nSPS) is 12.4. The van der Waals surface area contributed by atoms with E-state index in [1.807, 2.05) is 11.8 Å². The summed E-state index contributed by atoms with van der Waals surface area (Å²) in [6.07, 6.45) is 7.88. The van der Waals surface area contributed by atoms with E-state index in [1.165, 1.54) is 65.3 Å². The molecule has 0 radical (unpaired) electrons. The summed E-state index contributed by atoms with van der Waals surface area (Å²) < 4.78 is 0. The SMILES string of the molecule is CCCCCCCc1cccc2c1Nc1ccccc1S2. The van der Waals surface area contributed by atoms with Gasteiger partial charge in [0.2, 0.25) is 0 Å². The number of unbranched alkanes of at least 4 members (excludes halogenated alkanes) is 4. The molecular formula is C19H23NS. The largest absolute Gasteiger partial charge is 0.353 e. The predicted molar refractivity (Wildman–Crippen MR) is 92.8 cm³/mol. The summed E-state index contributed by atoms with van der Waals surface area (Å²) in [6, 6.07) is 15.3. The van der Waals surface area contributed by atoms with E-state index in [9.17, 15) is 0 Å².